The Morgan fingerprint density at radius 2 is 2.07 bits per heavy atom. The summed E-state index contributed by atoms with van der Waals surface area (Å²) in [7, 11) is 3.33. The van der Waals surface area contributed by atoms with Crippen LogP contribution < -0.4 is 10.1 Å². The number of carbonyl (C=O) groups excluding carboxylic acids is 1. The molecule has 0 aliphatic heterocycles. The molecule has 0 saturated carbocycles. The van der Waals surface area contributed by atoms with E-state index in [0.29, 0.717) is 12.4 Å². The highest BCUT2D eigenvalue weighted by Gasteiger charge is 2.18. The number of hydrogen-bond acceptors (Lipinski definition) is 5. The highest BCUT2D eigenvalue weighted by atomic mass is 16.5. The Morgan fingerprint density at radius 3 is 2.74 bits per heavy atom. The van der Waals surface area contributed by atoms with Crippen molar-refractivity contribution in [2.24, 2.45) is 0 Å². The van der Waals surface area contributed by atoms with Gasteiger partial charge in [0.25, 0.3) is 0 Å². The molecule has 0 bridgehead atoms. The highest BCUT2D eigenvalue weighted by Crippen LogP contribution is 2.20. The number of rotatable bonds is 6. The summed E-state index contributed by atoms with van der Waals surface area (Å²) < 4.78 is 6.90. The van der Waals surface area contributed by atoms with Crippen molar-refractivity contribution < 1.29 is 9.53 Å². The molecule has 0 saturated heterocycles. The molecule has 0 unspecified atom stereocenters. The summed E-state index contributed by atoms with van der Waals surface area (Å²) in [5, 5.41) is 7.01. The molecule has 1 atom stereocenters. The molecule has 8 heteroatoms. The molecule has 2 aromatic heterocycles. The van der Waals surface area contributed by atoms with Crippen LogP contribution >= 0.6 is 0 Å². The largest absolute Gasteiger partial charge is 0.481 e. The summed E-state index contributed by atoms with van der Waals surface area (Å²) in [5.41, 5.74) is 2.77. The quantitative estimate of drug-likeness (QED) is 0.725. The predicted molar refractivity (Wildman–Crippen MR) is 101 cm³/mol. The van der Waals surface area contributed by atoms with Crippen LogP contribution in [0.1, 0.15) is 24.1 Å². The molecular weight excluding hydrogens is 344 g/mol. The fraction of sp³-hybridized carbons (Fsp3) is 0.263. The number of carbonyl (C=O) groups is 1. The van der Waals surface area contributed by atoms with E-state index in [9.17, 15) is 4.79 Å². The minimum atomic E-state index is -0.172. The van der Waals surface area contributed by atoms with E-state index in [0.717, 1.165) is 16.8 Å². The van der Waals surface area contributed by atoms with Gasteiger partial charge in [-0.05, 0) is 30.7 Å². The van der Waals surface area contributed by atoms with Crippen molar-refractivity contribution in [3.63, 3.8) is 0 Å². The lowest BCUT2D eigenvalue weighted by Gasteiger charge is -2.26. The van der Waals surface area contributed by atoms with E-state index < -0.39 is 0 Å². The van der Waals surface area contributed by atoms with Gasteiger partial charge in [-0.3, -0.25) is 0 Å². The molecule has 8 nitrogen and oxygen atoms in total. The molecular formula is C19H22N6O2. The molecule has 0 aliphatic rings. The molecule has 140 valence electrons. The fourth-order valence-corrected chi connectivity index (χ4v) is 2.68. The number of nitrogens with one attached hydrogen (secondary N) is 1. The summed E-state index contributed by atoms with van der Waals surface area (Å²) in [6.45, 7) is 2.33. The fourth-order valence-electron chi connectivity index (χ4n) is 2.68. The van der Waals surface area contributed by atoms with Crippen LogP contribution in [0.5, 0.6) is 5.88 Å². The van der Waals surface area contributed by atoms with E-state index in [-0.39, 0.29) is 12.1 Å². The van der Waals surface area contributed by atoms with Crippen molar-refractivity contribution >= 4 is 6.03 Å². The summed E-state index contributed by atoms with van der Waals surface area (Å²) in [4.78, 5) is 22.3. The molecule has 3 aromatic rings. The van der Waals surface area contributed by atoms with E-state index >= 15 is 0 Å². The van der Waals surface area contributed by atoms with Crippen LogP contribution in [0, 0.1) is 0 Å². The first kappa shape index (κ1) is 18.4. The lowest BCUT2D eigenvalue weighted by molar-refractivity contribution is 0.194. The van der Waals surface area contributed by atoms with Gasteiger partial charge in [0.1, 0.15) is 12.7 Å². The first-order chi connectivity index (χ1) is 13.1. The zero-order valence-corrected chi connectivity index (χ0v) is 15.5. The van der Waals surface area contributed by atoms with Crippen molar-refractivity contribution in [1.82, 2.24) is 30.0 Å². The van der Waals surface area contributed by atoms with Gasteiger partial charge in [-0.25, -0.2) is 19.4 Å². The zero-order chi connectivity index (χ0) is 19.2. The Hall–Kier alpha value is -3.42. The number of benzene rings is 1. The zero-order valence-electron chi connectivity index (χ0n) is 15.5. The van der Waals surface area contributed by atoms with E-state index in [1.54, 1.807) is 36.3 Å². The number of nitrogens with zero attached hydrogens (tertiary/aromatic N) is 5. The number of ether oxygens (including phenoxy) is 1. The predicted octanol–water partition coefficient (Wildman–Crippen LogP) is 2.57. The lowest BCUT2D eigenvalue weighted by atomic mass is 10.1. The Balaban J connectivity index is 1.62. The molecule has 27 heavy (non-hydrogen) atoms. The van der Waals surface area contributed by atoms with Crippen molar-refractivity contribution in [3.8, 4) is 11.6 Å². The van der Waals surface area contributed by atoms with Gasteiger partial charge in [-0.1, -0.05) is 18.2 Å². The van der Waals surface area contributed by atoms with Gasteiger partial charge in [-0.15, -0.1) is 0 Å². The molecule has 1 aromatic carbocycles. The summed E-state index contributed by atoms with van der Waals surface area (Å²) in [6, 6.07) is 11.3. The van der Waals surface area contributed by atoms with E-state index in [1.807, 2.05) is 43.3 Å². The monoisotopic (exact) mass is 366 g/mol. The molecule has 0 aliphatic carbocycles. The topological polar surface area (TPSA) is 85.2 Å². The van der Waals surface area contributed by atoms with E-state index in [2.05, 4.69) is 20.4 Å². The number of methoxy groups -OCH3 is 1. The van der Waals surface area contributed by atoms with E-state index in [4.69, 9.17) is 4.74 Å². The third-order valence-corrected chi connectivity index (χ3v) is 4.43. The minimum Gasteiger partial charge on any atom is -0.481 e. The Bertz CT molecular complexity index is 879. The summed E-state index contributed by atoms with van der Waals surface area (Å²) in [5.74, 6) is 0.511. The first-order valence-corrected chi connectivity index (χ1v) is 8.53. The number of hydrogen-bond donors (Lipinski definition) is 1. The maximum absolute atomic E-state index is 12.5. The van der Waals surface area contributed by atoms with Crippen molar-refractivity contribution in [2.75, 3.05) is 14.2 Å². The van der Waals surface area contributed by atoms with Gasteiger partial charge < -0.3 is 15.0 Å². The van der Waals surface area contributed by atoms with Crippen LogP contribution in [0.15, 0.2) is 55.2 Å². The maximum Gasteiger partial charge on any atom is 0.317 e. The first-order valence-electron chi connectivity index (χ1n) is 8.53. The molecule has 1 N–H and O–H groups in total. The van der Waals surface area contributed by atoms with Gasteiger partial charge >= 0.3 is 6.03 Å². The van der Waals surface area contributed by atoms with Gasteiger partial charge in [0.05, 0.1) is 18.8 Å². The second-order valence-electron chi connectivity index (χ2n) is 6.05. The van der Waals surface area contributed by atoms with Gasteiger partial charge in [0, 0.05) is 25.4 Å². The molecule has 0 spiro atoms. The summed E-state index contributed by atoms with van der Waals surface area (Å²) >= 11 is 0. The SMILES string of the molecule is COc1ncccc1CNC(=O)N(C)[C@H](C)c1ccc(-n2cncn2)cc1. The average molecular weight is 366 g/mol. The second kappa shape index (κ2) is 8.31. The molecule has 0 fully saturated rings. The van der Waals surface area contributed by atoms with Crippen LogP contribution in [0.4, 0.5) is 4.79 Å². The Kier molecular flexibility index (Phi) is 5.65. The van der Waals surface area contributed by atoms with Gasteiger partial charge in [-0.2, -0.15) is 5.10 Å². The normalized spacial score (nSPS) is 11.7. The van der Waals surface area contributed by atoms with Crippen LogP contribution in [-0.4, -0.2) is 44.8 Å². The molecule has 2 heterocycles. The number of amides is 2. The number of aromatic nitrogens is 4. The molecule has 0 radical (unpaired) electrons. The Morgan fingerprint density at radius 1 is 1.30 bits per heavy atom. The number of pyridine rings is 1. The molecule has 2 amide bonds. The van der Waals surface area contributed by atoms with Gasteiger partial charge in [0.15, 0.2) is 0 Å². The van der Waals surface area contributed by atoms with Crippen LogP contribution in [0.3, 0.4) is 0 Å². The number of urea groups is 1. The third kappa shape index (κ3) is 4.22. The van der Waals surface area contributed by atoms with Gasteiger partial charge in [0.2, 0.25) is 5.88 Å². The Labute approximate surface area is 157 Å². The highest BCUT2D eigenvalue weighted by molar-refractivity contribution is 5.74. The maximum atomic E-state index is 12.5. The van der Waals surface area contributed by atoms with Crippen LogP contribution in [-0.2, 0) is 6.54 Å². The lowest BCUT2D eigenvalue weighted by Crippen LogP contribution is -2.38. The van der Waals surface area contributed by atoms with Crippen molar-refractivity contribution in [2.45, 2.75) is 19.5 Å². The van der Waals surface area contributed by atoms with Crippen LogP contribution in [0.25, 0.3) is 5.69 Å². The second-order valence-corrected chi connectivity index (χ2v) is 6.05. The smallest absolute Gasteiger partial charge is 0.317 e. The minimum absolute atomic E-state index is 0.0920. The van der Waals surface area contributed by atoms with Crippen molar-refractivity contribution in [3.05, 3.63) is 66.4 Å². The summed E-state index contributed by atoms with van der Waals surface area (Å²) in [6.07, 6.45) is 4.79. The van der Waals surface area contributed by atoms with Crippen LogP contribution in [0.2, 0.25) is 0 Å². The third-order valence-electron chi connectivity index (χ3n) is 4.43. The molecule has 3 rings (SSSR count). The standard InChI is InChI=1S/C19H22N6O2/c1-14(15-6-8-17(9-7-15)25-13-20-12-23-25)24(2)19(26)22-11-16-5-4-10-21-18(16)27-3/h4-10,12-14H,11H2,1-3H3,(H,22,26)/t14-/m1/s1. The van der Waals surface area contributed by atoms with Crippen molar-refractivity contribution in [1.29, 1.82) is 0 Å². The average Bonchev–Trinajstić information content (AvgIpc) is 3.26. The van der Waals surface area contributed by atoms with E-state index in [1.165, 1.54) is 6.33 Å².